The Morgan fingerprint density at radius 1 is 0.618 bits per heavy atom. The number of carbonyl (C=O) groups is 2. The van der Waals surface area contributed by atoms with Gasteiger partial charge >= 0.3 is 11.9 Å². The van der Waals surface area contributed by atoms with Crippen LogP contribution in [0.25, 0.3) is 0 Å². The highest BCUT2D eigenvalue weighted by Gasteiger charge is 2.15. The van der Waals surface area contributed by atoms with Crippen molar-refractivity contribution >= 4 is 11.9 Å². The van der Waals surface area contributed by atoms with Crippen molar-refractivity contribution in [3.63, 3.8) is 0 Å². The molecule has 0 amide bonds. The van der Waals surface area contributed by atoms with E-state index in [1.807, 2.05) is 0 Å². The molecular formula is C30H56O4. The third-order valence-electron chi connectivity index (χ3n) is 6.50. The topological polar surface area (TPSA) is 63.6 Å². The Hall–Kier alpha value is -1.32. The van der Waals surface area contributed by atoms with Gasteiger partial charge in [-0.2, -0.15) is 0 Å². The van der Waals surface area contributed by atoms with Crippen molar-refractivity contribution in [2.75, 3.05) is 0 Å². The van der Waals surface area contributed by atoms with Gasteiger partial charge in [0.1, 0.15) is 6.10 Å². The number of aliphatic carboxylic acids is 1. The summed E-state index contributed by atoms with van der Waals surface area (Å²) in [5, 5.41) is 9.00. The van der Waals surface area contributed by atoms with E-state index in [1.54, 1.807) is 0 Å². The Bertz CT molecular complexity index is 486. The van der Waals surface area contributed by atoms with Crippen molar-refractivity contribution in [2.45, 2.75) is 168 Å². The molecule has 1 unspecified atom stereocenters. The van der Waals surface area contributed by atoms with Gasteiger partial charge in [-0.1, -0.05) is 109 Å². The molecule has 200 valence electrons. The standard InChI is InChI=1S/C30H56O4/c1-3-5-7-9-11-13-14-15-16-17-19-21-23-25-30(33)34-28(26-27-29(31)32)24-22-20-18-12-10-8-6-4-2/h13-14,28H,3-12,15-27H2,1-2H3,(H,31,32)/b14-13-. The second-order valence-electron chi connectivity index (χ2n) is 9.94. The quantitative estimate of drug-likeness (QED) is 0.0760. The molecule has 0 radical (unpaired) electrons. The van der Waals surface area contributed by atoms with Crippen LogP contribution < -0.4 is 0 Å². The summed E-state index contributed by atoms with van der Waals surface area (Å²) in [5.74, 6) is -0.968. The van der Waals surface area contributed by atoms with Gasteiger partial charge in [-0.05, 0) is 51.4 Å². The summed E-state index contributed by atoms with van der Waals surface area (Å²) in [6, 6.07) is 0. The Kier molecular flexibility index (Phi) is 25.3. The van der Waals surface area contributed by atoms with Gasteiger partial charge in [0.25, 0.3) is 0 Å². The summed E-state index contributed by atoms with van der Waals surface area (Å²) in [7, 11) is 0. The van der Waals surface area contributed by atoms with Crippen LogP contribution in [0.2, 0.25) is 0 Å². The van der Waals surface area contributed by atoms with E-state index in [9.17, 15) is 9.59 Å². The first-order valence-electron chi connectivity index (χ1n) is 14.7. The molecule has 0 aliphatic heterocycles. The largest absolute Gasteiger partial charge is 0.481 e. The smallest absolute Gasteiger partial charge is 0.306 e. The summed E-state index contributed by atoms with van der Waals surface area (Å²) in [6.07, 6.45) is 29.3. The maximum Gasteiger partial charge on any atom is 0.306 e. The molecule has 4 nitrogen and oxygen atoms in total. The fourth-order valence-electron chi connectivity index (χ4n) is 4.28. The SMILES string of the molecule is CCCCCC/C=C\CCCCCCCC(=O)OC(CCCCCCCCCC)CCC(=O)O. The number of unbranched alkanes of at least 4 members (excludes halogenated alkanes) is 16. The van der Waals surface area contributed by atoms with Crippen LogP contribution in [0.3, 0.4) is 0 Å². The molecule has 0 aromatic heterocycles. The van der Waals surface area contributed by atoms with E-state index in [1.165, 1.54) is 89.9 Å². The molecule has 4 heteroatoms. The minimum absolute atomic E-state index is 0.0716. The van der Waals surface area contributed by atoms with Crippen LogP contribution in [0, 0.1) is 0 Å². The predicted octanol–water partition coefficient (Wildman–Crippen LogP) is 9.55. The molecule has 0 saturated carbocycles. The van der Waals surface area contributed by atoms with Crippen LogP contribution in [-0.2, 0) is 14.3 Å². The highest BCUT2D eigenvalue weighted by molar-refractivity contribution is 5.69. The van der Waals surface area contributed by atoms with Crippen LogP contribution in [-0.4, -0.2) is 23.1 Å². The summed E-state index contributed by atoms with van der Waals surface area (Å²) >= 11 is 0. The molecule has 0 rings (SSSR count). The van der Waals surface area contributed by atoms with Crippen LogP contribution in [0.15, 0.2) is 12.2 Å². The van der Waals surface area contributed by atoms with Crippen LogP contribution in [0.5, 0.6) is 0 Å². The maximum absolute atomic E-state index is 12.3. The number of carboxylic acids is 1. The number of ether oxygens (including phenoxy) is 1. The summed E-state index contributed by atoms with van der Waals surface area (Å²) < 4.78 is 5.66. The Labute approximate surface area is 211 Å². The third-order valence-corrected chi connectivity index (χ3v) is 6.50. The monoisotopic (exact) mass is 480 g/mol. The molecule has 0 spiro atoms. The number of allylic oxidation sites excluding steroid dienone is 2. The molecule has 0 fully saturated rings. The van der Waals surface area contributed by atoms with Gasteiger partial charge in [0, 0.05) is 12.8 Å². The molecule has 0 aromatic rings. The van der Waals surface area contributed by atoms with Gasteiger partial charge in [-0.25, -0.2) is 0 Å². The van der Waals surface area contributed by atoms with Crippen molar-refractivity contribution in [3.8, 4) is 0 Å². The maximum atomic E-state index is 12.3. The fourth-order valence-corrected chi connectivity index (χ4v) is 4.28. The number of hydrogen-bond acceptors (Lipinski definition) is 3. The number of rotatable bonds is 26. The molecule has 0 saturated heterocycles. The lowest BCUT2D eigenvalue weighted by Crippen LogP contribution is -2.19. The molecule has 0 aliphatic carbocycles. The lowest BCUT2D eigenvalue weighted by atomic mass is 10.0. The first kappa shape index (κ1) is 32.7. The lowest BCUT2D eigenvalue weighted by Gasteiger charge is -2.17. The molecular weight excluding hydrogens is 424 g/mol. The second-order valence-corrected chi connectivity index (χ2v) is 9.94. The second kappa shape index (κ2) is 26.3. The van der Waals surface area contributed by atoms with Crippen molar-refractivity contribution in [3.05, 3.63) is 12.2 Å². The summed E-state index contributed by atoms with van der Waals surface area (Å²) in [5.41, 5.74) is 0. The van der Waals surface area contributed by atoms with E-state index in [2.05, 4.69) is 26.0 Å². The molecule has 0 aromatic carbocycles. The van der Waals surface area contributed by atoms with E-state index in [0.717, 1.165) is 38.5 Å². The fraction of sp³-hybridized carbons (Fsp3) is 0.867. The first-order valence-corrected chi connectivity index (χ1v) is 14.7. The van der Waals surface area contributed by atoms with E-state index < -0.39 is 5.97 Å². The molecule has 0 aliphatic rings. The van der Waals surface area contributed by atoms with Crippen molar-refractivity contribution < 1.29 is 19.4 Å². The van der Waals surface area contributed by atoms with Gasteiger partial charge in [-0.15, -0.1) is 0 Å². The molecule has 1 atom stereocenters. The number of hydrogen-bond donors (Lipinski definition) is 1. The Morgan fingerprint density at radius 2 is 1.09 bits per heavy atom. The molecule has 34 heavy (non-hydrogen) atoms. The third kappa shape index (κ3) is 25.3. The normalized spacial score (nSPS) is 12.3. The van der Waals surface area contributed by atoms with Gasteiger partial charge in [0.15, 0.2) is 0 Å². The zero-order valence-corrected chi connectivity index (χ0v) is 22.7. The zero-order chi connectivity index (χ0) is 25.1. The highest BCUT2D eigenvalue weighted by atomic mass is 16.5. The molecule has 0 heterocycles. The van der Waals surface area contributed by atoms with Gasteiger partial charge in [-0.3, -0.25) is 9.59 Å². The predicted molar refractivity (Wildman–Crippen MR) is 144 cm³/mol. The van der Waals surface area contributed by atoms with Crippen LogP contribution >= 0.6 is 0 Å². The van der Waals surface area contributed by atoms with E-state index in [0.29, 0.717) is 12.8 Å². The van der Waals surface area contributed by atoms with Crippen molar-refractivity contribution in [1.29, 1.82) is 0 Å². The summed E-state index contributed by atoms with van der Waals surface area (Å²) in [6.45, 7) is 4.48. The Balaban J connectivity index is 3.80. The minimum Gasteiger partial charge on any atom is -0.481 e. The van der Waals surface area contributed by atoms with Crippen LogP contribution in [0.1, 0.15) is 162 Å². The number of carboxylic acid groups (broad SMARTS) is 1. The first-order chi connectivity index (χ1) is 16.6. The van der Waals surface area contributed by atoms with Crippen LogP contribution in [0.4, 0.5) is 0 Å². The van der Waals surface area contributed by atoms with E-state index >= 15 is 0 Å². The van der Waals surface area contributed by atoms with Gasteiger partial charge < -0.3 is 9.84 Å². The molecule has 0 bridgehead atoms. The van der Waals surface area contributed by atoms with E-state index in [4.69, 9.17) is 9.84 Å². The van der Waals surface area contributed by atoms with Gasteiger partial charge in [0.05, 0.1) is 0 Å². The van der Waals surface area contributed by atoms with Crippen molar-refractivity contribution in [1.82, 2.24) is 0 Å². The van der Waals surface area contributed by atoms with Crippen molar-refractivity contribution in [2.24, 2.45) is 0 Å². The Morgan fingerprint density at radius 3 is 1.65 bits per heavy atom. The summed E-state index contributed by atoms with van der Waals surface area (Å²) in [4.78, 5) is 23.2. The highest BCUT2D eigenvalue weighted by Crippen LogP contribution is 2.17. The average molecular weight is 481 g/mol. The average Bonchev–Trinajstić information content (AvgIpc) is 2.82. The van der Waals surface area contributed by atoms with E-state index in [-0.39, 0.29) is 18.5 Å². The minimum atomic E-state index is -0.816. The number of esters is 1. The molecule has 1 N–H and O–H groups in total. The number of carbonyl (C=O) groups excluding carboxylic acids is 1. The lowest BCUT2D eigenvalue weighted by molar-refractivity contribution is -0.151. The zero-order valence-electron chi connectivity index (χ0n) is 22.7. The van der Waals surface area contributed by atoms with Gasteiger partial charge in [0.2, 0.25) is 0 Å².